The lowest BCUT2D eigenvalue weighted by atomic mass is 10.1. The van der Waals surface area contributed by atoms with Crippen LogP contribution < -0.4 is 10.0 Å². The number of carbonyl (C=O) groups excluding carboxylic acids is 2. The average molecular weight is 420 g/mol. The molecule has 0 aliphatic carbocycles. The maximum Gasteiger partial charge on any atom is 0.338 e. The number of primary sulfonamides is 1. The molecule has 0 saturated heterocycles. The molecule has 29 heavy (non-hydrogen) atoms. The van der Waals surface area contributed by atoms with E-state index in [-0.39, 0.29) is 16.4 Å². The van der Waals surface area contributed by atoms with Crippen molar-refractivity contribution >= 4 is 27.6 Å². The van der Waals surface area contributed by atoms with Crippen molar-refractivity contribution in [3.8, 4) is 0 Å². The fraction of sp³-hybridized carbons (Fsp3) is 0.300. The number of hydrogen-bond acceptors (Lipinski definition) is 6. The average Bonchev–Trinajstić information content (AvgIpc) is 2.65. The lowest BCUT2D eigenvalue weighted by Gasteiger charge is -2.18. The van der Waals surface area contributed by atoms with Crippen LogP contribution in [-0.4, -0.2) is 52.9 Å². The Balaban J connectivity index is 1.98. The molecule has 9 heteroatoms. The minimum atomic E-state index is -3.95. The minimum Gasteiger partial charge on any atom is -0.452 e. The summed E-state index contributed by atoms with van der Waals surface area (Å²) in [6.45, 7) is 1.54. The summed E-state index contributed by atoms with van der Waals surface area (Å²) in [5, 5.41) is 5.09. The quantitative estimate of drug-likeness (QED) is 0.682. The predicted octanol–water partition coefficient (Wildman–Crippen LogP) is 1.52. The third kappa shape index (κ3) is 6.03. The molecule has 0 unspecified atom stereocenters. The number of likely N-dealkylation sites (N-methyl/N-ethyl adjacent to an activating group) is 1. The first kappa shape index (κ1) is 22.4. The van der Waals surface area contributed by atoms with Gasteiger partial charge in [-0.3, -0.25) is 4.79 Å². The number of amides is 1. The van der Waals surface area contributed by atoms with Crippen molar-refractivity contribution < 1.29 is 22.7 Å². The Morgan fingerprint density at radius 1 is 1.03 bits per heavy atom. The highest BCUT2D eigenvalue weighted by atomic mass is 32.2. The van der Waals surface area contributed by atoms with Gasteiger partial charge in [0.2, 0.25) is 10.0 Å². The first-order valence-electron chi connectivity index (χ1n) is 8.80. The van der Waals surface area contributed by atoms with E-state index in [9.17, 15) is 18.0 Å². The Hall–Kier alpha value is -2.91. The van der Waals surface area contributed by atoms with E-state index in [4.69, 9.17) is 9.88 Å². The van der Waals surface area contributed by atoms with Gasteiger partial charge in [-0.2, -0.15) is 0 Å². The second-order valence-corrected chi connectivity index (χ2v) is 8.47. The van der Waals surface area contributed by atoms with Gasteiger partial charge >= 0.3 is 5.97 Å². The summed E-state index contributed by atoms with van der Waals surface area (Å²) >= 11 is 0. The van der Waals surface area contributed by atoms with Crippen LogP contribution in [0.2, 0.25) is 0 Å². The zero-order valence-electron chi connectivity index (χ0n) is 16.9. The number of nitrogens with zero attached hydrogens (tertiary/aromatic N) is 2. The second-order valence-electron chi connectivity index (χ2n) is 6.91. The van der Waals surface area contributed by atoms with E-state index >= 15 is 0 Å². The van der Waals surface area contributed by atoms with Crippen LogP contribution in [0.1, 0.15) is 21.5 Å². The largest absolute Gasteiger partial charge is 0.452 e. The van der Waals surface area contributed by atoms with Crippen molar-refractivity contribution in [2.24, 2.45) is 5.14 Å². The maximum absolute atomic E-state index is 12.3. The Morgan fingerprint density at radius 3 is 2.21 bits per heavy atom. The summed E-state index contributed by atoms with van der Waals surface area (Å²) in [7, 11) is 1.55. The normalized spacial score (nSPS) is 11.1. The maximum atomic E-state index is 12.3. The van der Waals surface area contributed by atoms with E-state index in [1.54, 1.807) is 14.0 Å². The second kappa shape index (κ2) is 9.06. The zero-order chi connectivity index (χ0) is 21.8. The van der Waals surface area contributed by atoms with E-state index in [0.717, 1.165) is 17.3 Å². The minimum absolute atomic E-state index is 0.0475. The van der Waals surface area contributed by atoms with Gasteiger partial charge in [0, 0.05) is 33.4 Å². The van der Waals surface area contributed by atoms with Crippen LogP contribution >= 0.6 is 0 Å². The topological polar surface area (TPSA) is 110 Å². The van der Waals surface area contributed by atoms with Crippen molar-refractivity contribution in [2.45, 2.75) is 18.4 Å². The molecular formula is C20H25N3O5S. The van der Waals surface area contributed by atoms with Crippen molar-refractivity contribution in [2.75, 3.05) is 32.6 Å². The number of ether oxygens (including phenoxy) is 1. The number of anilines is 1. The molecule has 0 aliphatic heterocycles. The molecule has 0 fully saturated rings. The molecule has 0 spiro atoms. The van der Waals surface area contributed by atoms with Crippen molar-refractivity contribution in [3.63, 3.8) is 0 Å². The first-order chi connectivity index (χ1) is 13.5. The molecule has 8 nitrogen and oxygen atoms in total. The smallest absolute Gasteiger partial charge is 0.338 e. The Labute approximate surface area is 170 Å². The van der Waals surface area contributed by atoms with E-state index < -0.39 is 22.6 Å². The van der Waals surface area contributed by atoms with Gasteiger partial charge in [0.05, 0.1) is 10.5 Å². The highest BCUT2D eigenvalue weighted by Gasteiger charge is 2.18. The Kier molecular flexibility index (Phi) is 6.99. The Morgan fingerprint density at radius 2 is 1.66 bits per heavy atom. The van der Waals surface area contributed by atoms with Crippen molar-refractivity contribution in [1.82, 2.24) is 4.90 Å². The van der Waals surface area contributed by atoms with Crippen LogP contribution in [0.3, 0.4) is 0 Å². The number of hydrogen-bond donors (Lipinski definition) is 1. The van der Waals surface area contributed by atoms with Crippen LogP contribution in [0.4, 0.5) is 5.69 Å². The van der Waals surface area contributed by atoms with E-state index in [2.05, 4.69) is 0 Å². The third-order valence-electron chi connectivity index (χ3n) is 4.38. The van der Waals surface area contributed by atoms with Crippen LogP contribution in [0.5, 0.6) is 0 Å². The van der Waals surface area contributed by atoms with Crippen molar-refractivity contribution in [3.05, 3.63) is 59.2 Å². The molecule has 0 aromatic heterocycles. The fourth-order valence-corrected chi connectivity index (χ4v) is 3.11. The number of aryl methyl sites for hydroxylation is 1. The molecule has 2 N–H and O–H groups in total. The summed E-state index contributed by atoms with van der Waals surface area (Å²) in [6, 6.07) is 11.7. The molecule has 1 amide bonds. The molecule has 0 radical (unpaired) electrons. The number of nitrogens with two attached hydrogens (primary N) is 1. The summed E-state index contributed by atoms with van der Waals surface area (Å²) in [5.74, 6) is -1.17. The summed E-state index contributed by atoms with van der Waals surface area (Å²) in [5.41, 5.74) is 2.55. The summed E-state index contributed by atoms with van der Waals surface area (Å²) < 4.78 is 28.0. The third-order valence-corrected chi connectivity index (χ3v) is 5.29. The lowest BCUT2D eigenvalue weighted by Crippen LogP contribution is -2.31. The molecule has 0 atom stereocenters. The molecule has 2 aromatic carbocycles. The van der Waals surface area contributed by atoms with Gasteiger partial charge in [0.25, 0.3) is 5.91 Å². The highest BCUT2D eigenvalue weighted by Crippen LogP contribution is 2.16. The molecule has 0 bridgehead atoms. The predicted molar refractivity (Wildman–Crippen MR) is 110 cm³/mol. The van der Waals surface area contributed by atoms with Gasteiger partial charge in [0.1, 0.15) is 0 Å². The van der Waals surface area contributed by atoms with Crippen LogP contribution in [0, 0.1) is 6.92 Å². The number of sulfonamides is 1. The standard InChI is InChI=1S/C20H25N3O5S/c1-14-5-10-17(29(21,26)27)11-18(14)20(25)28-13-19(24)23(4)12-15-6-8-16(9-7-15)22(2)3/h5-11H,12-13H2,1-4H3,(H2,21,26,27). The highest BCUT2D eigenvalue weighted by molar-refractivity contribution is 7.89. The SMILES string of the molecule is Cc1ccc(S(N)(=O)=O)cc1C(=O)OCC(=O)N(C)Cc1ccc(N(C)C)cc1. The number of esters is 1. The lowest BCUT2D eigenvalue weighted by molar-refractivity contribution is -0.133. The van der Waals surface area contributed by atoms with E-state index in [0.29, 0.717) is 12.1 Å². The van der Waals surface area contributed by atoms with Crippen molar-refractivity contribution in [1.29, 1.82) is 0 Å². The molecule has 2 aromatic rings. The molecule has 156 valence electrons. The first-order valence-corrected chi connectivity index (χ1v) is 10.3. The fourth-order valence-electron chi connectivity index (χ4n) is 2.57. The number of rotatable bonds is 7. The van der Waals surface area contributed by atoms with Gasteiger partial charge in [0.15, 0.2) is 6.61 Å². The van der Waals surface area contributed by atoms with Crippen LogP contribution in [0.15, 0.2) is 47.4 Å². The monoisotopic (exact) mass is 419 g/mol. The van der Waals surface area contributed by atoms with Gasteiger partial charge in [-0.15, -0.1) is 0 Å². The van der Waals surface area contributed by atoms with Gasteiger partial charge in [-0.1, -0.05) is 18.2 Å². The van der Waals surface area contributed by atoms with E-state index in [1.807, 2.05) is 43.3 Å². The zero-order valence-corrected chi connectivity index (χ0v) is 17.7. The molecule has 2 rings (SSSR count). The summed E-state index contributed by atoms with van der Waals surface area (Å²) in [6.07, 6.45) is 0. The molecular weight excluding hydrogens is 394 g/mol. The van der Waals surface area contributed by atoms with Gasteiger partial charge < -0.3 is 14.5 Å². The molecule has 0 aliphatic rings. The van der Waals surface area contributed by atoms with Crippen LogP contribution in [-0.2, 0) is 26.1 Å². The van der Waals surface area contributed by atoms with Gasteiger partial charge in [-0.25, -0.2) is 18.4 Å². The number of benzene rings is 2. The van der Waals surface area contributed by atoms with E-state index in [1.165, 1.54) is 17.0 Å². The molecule has 0 saturated carbocycles. The van der Waals surface area contributed by atoms with Gasteiger partial charge in [-0.05, 0) is 42.3 Å². The Bertz CT molecular complexity index is 1000. The van der Waals surface area contributed by atoms with Crippen LogP contribution in [0.25, 0.3) is 0 Å². The number of carbonyl (C=O) groups is 2. The molecule has 0 heterocycles. The summed E-state index contributed by atoms with van der Waals surface area (Å²) in [4.78, 5) is 27.8.